The molecule has 0 atom stereocenters. The zero-order chi connectivity index (χ0) is 30.1. The highest BCUT2D eigenvalue weighted by atomic mass is 16.3. The Morgan fingerprint density at radius 2 is 0.867 bits per heavy atom. The first-order valence-corrected chi connectivity index (χ1v) is 15.2. The molecule has 0 spiro atoms. The molecule has 7 aromatic carbocycles. The molecule has 0 unspecified atom stereocenters. The van der Waals surface area contributed by atoms with Crippen molar-refractivity contribution in [2.24, 2.45) is 0 Å². The number of aromatic nitrogens is 3. The van der Waals surface area contributed by atoms with Gasteiger partial charge in [-0.3, -0.25) is 0 Å². The van der Waals surface area contributed by atoms with Crippen LogP contribution >= 0.6 is 0 Å². The molecule has 45 heavy (non-hydrogen) atoms. The molecule has 2 aromatic heterocycles. The molecule has 0 amide bonds. The van der Waals surface area contributed by atoms with Crippen molar-refractivity contribution in [1.29, 1.82) is 0 Å². The molecule has 0 aliphatic rings. The van der Waals surface area contributed by atoms with Crippen LogP contribution in [0.1, 0.15) is 11.1 Å². The Bertz CT molecular complexity index is 2550. The van der Waals surface area contributed by atoms with Gasteiger partial charge < -0.3 is 4.42 Å². The van der Waals surface area contributed by atoms with E-state index >= 15 is 0 Å². The monoisotopic (exact) mass is 577 g/mol. The normalized spacial score (nSPS) is 11.8. The molecular weight excluding hydrogens is 550 g/mol. The standard InChI is InChI=1S/C41H27N3O/c1-24-19-31-32(20-25(24)2)35-23-38-36(30-15-9-10-16-37(30)45-38)22-34(35)29-18-17-28(21-33(29)31)41-43-39(26-11-5-3-6-12-26)42-40(44-41)27-13-7-4-8-14-27/h3-23H,1-2H3. The van der Waals surface area contributed by atoms with Crippen LogP contribution in [0.4, 0.5) is 0 Å². The molecule has 0 fully saturated rings. The van der Waals surface area contributed by atoms with Gasteiger partial charge in [-0.2, -0.15) is 0 Å². The summed E-state index contributed by atoms with van der Waals surface area (Å²) in [5.41, 5.74) is 7.21. The first kappa shape index (κ1) is 25.6. The van der Waals surface area contributed by atoms with Crippen LogP contribution in [0.5, 0.6) is 0 Å². The topological polar surface area (TPSA) is 51.8 Å². The van der Waals surface area contributed by atoms with Gasteiger partial charge in [-0.25, -0.2) is 15.0 Å². The second-order valence-corrected chi connectivity index (χ2v) is 11.8. The molecule has 9 rings (SSSR count). The fourth-order valence-corrected chi connectivity index (χ4v) is 6.56. The Hall–Kier alpha value is -5.87. The van der Waals surface area contributed by atoms with Crippen LogP contribution in [0.15, 0.2) is 132 Å². The zero-order valence-corrected chi connectivity index (χ0v) is 24.9. The minimum Gasteiger partial charge on any atom is -0.456 e. The minimum absolute atomic E-state index is 0.651. The SMILES string of the molecule is Cc1cc2c3cc(-c4nc(-c5ccccc5)nc(-c5ccccc5)n4)ccc3c3cc4c(cc3c2cc1C)oc1ccccc14. The second-order valence-electron chi connectivity index (χ2n) is 11.8. The maximum absolute atomic E-state index is 6.33. The molecule has 0 radical (unpaired) electrons. The summed E-state index contributed by atoms with van der Waals surface area (Å²) in [7, 11) is 0. The van der Waals surface area contributed by atoms with Gasteiger partial charge in [-0.15, -0.1) is 0 Å². The Morgan fingerprint density at radius 3 is 1.51 bits per heavy atom. The van der Waals surface area contributed by atoms with E-state index in [0.717, 1.165) is 38.6 Å². The van der Waals surface area contributed by atoms with Gasteiger partial charge in [-0.05, 0) is 81.6 Å². The Kier molecular flexibility index (Phi) is 5.59. The number of aryl methyl sites for hydroxylation is 2. The highest BCUT2D eigenvalue weighted by Crippen LogP contribution is 2.41. The molecule has 212 valence electrons. The van der Waals surface area contributed by atoms with Crippen molar-refractivity contribution in [3.05, 3.63) is 139 Å². The lowest BCUT2D eigenvalue weighted by molar-refractivity contribution is 0.669. The van der Waals surface area contributed by atoms with Gasteiger partial charge in [0.15, 0.2) is 17.5 Å². The van der Waals surface area contributed by atoms with E-state index in [4.69, 9.17) is 19.4 Å². The first-order valence-electron chi connectivity index (χ1n) is 15.2. The Labute approximate surface area is 259 Å². The van der Waals surface area contributed by atoms with Crippen LogP contribution in [0, 0.1) is 13.8 Å². The summed E-state index contributed by atoms with van der Waals surface area (Å²) in [6.07, 6.45) is 0. The largest absolute Gasteiger partial charge is 0.456 e. The number of benzene rings is 7. The summed E-state index contributed by atoms with van der Waals surface area (Å²) in [6, 6.07) is 44.3. The van der Waals surface area contributed by atoms with Gasteiger partial charge in [0.05, 0.1) is 0 Å². The third-order valence-corrected chi connectivity index (χ3v) is 9.00. The number of hydrogen-bond donors (Lipinski definition) is 0. The van der Waals surface area contributed by atoms with Gasteiger partial charge in [0.25, 0.3) is 0 Å². The van der Waals surface area contributed by atoms with E-state index in [1.807, 2.05) is 72.8 Å². The molecular formula is C41H27N3O. The maximum Gasteiger partial charge on any atom is 0.164 e. The smallest absolute Gasteiger partial charge is 0.164 e. The van der Waals surface area contributed by atoms with E-state index in [-0.39, 0.29) is 0 Å². The van der Waals surface area contributed by atoms with Crippen LogP contribution in [-0.2, 0) is 0 Å². The summed E-state index contributed by atoms with van der Waals surface area (Å²) in [6.45, 7) is 4.36. The Balaban J connectivity index is 1.35. The van der Waals surface area contributed by atoms with Crippen LogP contribution in [0.25, 0.3) is 88.4 Å². The van der Waals surface area contributed by atoms with E-state index in [9.17, 15) is 0 Å². The summed E-state index contributed by atoms with van der Waals surface area (Å²) in [5.74, 6) is 1.96. The highest BCUT2D eigenvalue weighted by Gasteiger charge is 2.17. The quantitative estimate of drug-likeness (QED) is 0.196. The van der Waals surface area contributed by atoms with E-state index in [1.54, 1.807) is 0 Å². The van der Waals surface area contributed by atoms with Gasteiger partial charge in [0.1, 0.15) is 11.2 Å². The third-order valence-electron chi connectivity index (χ3n) is 9.00. The number of para-hydroxylation sites is 1. The lowest BCUT2D eigenvalue weighted by Gasteiger charge is -2.14. The second kappa shape index (κ2) is 9.83. The number of furan rings is 1. The molecule has 9 aromatic rings. The summed E-state index contributed by atoms with van der Waals surface area (Å²) < 4.78 is 6.33. The predicted octanol–water partition coefficient (Wildman–Crippen LogP) is 10.8. The molecule has 4 heteroatoms. The summed E-state index contributed by atoms with van der Waals surface area (Å²) >= 11 is 0. The molecule has 4 nitrogen and oxygen atoms in total. The molecule has 0 bridgehead atoms. The zero-order valence-electron chi connectivity index (χ0n) is 24.9. The van der Waals surface area contributed by atoms with Crippen molar-refractivity contribution in [2.45, 2.75) is 13.8 Å². The molecule has 0 aliphatic heterocycles. The van der Waals surface area contributed by atoms with Crippen molar-refractivity contribution in [3.8, 4) is 34.2 Å². The predicted molar refractivity (Wildman–Crippen MR) is 185 cm³/mol. The van der Waals surface area contributed by atoms with Crippen LogP contribution < -0.4 is 0 Å². The lowest BCUT2D eigenvalue weighted by atomic mass is 9.90. The van der Waals surface area contributed by atoms with Crippen molar-refractivity contribution < 1.29 is 4.42 Å². The molecule has 0 saturated heterocycles. The van der Waals surface area contributed by atoms with E-state index < -0.39 is 0 Å². The molecule has 0 aliphatic carbocycles. The van der Waals surface area contributed by atoms with Gasteiger partial charge in [0.2, 0.25) is 0 Å². The number of fused-ring (bicyclic) bond motifs is 9. The van der Waals surface area contributed by atoms with E-state index in [0.29, 0.717) is 17.5 Å². The summed E-state index contributed by atoms with van der Waals surface area (Å²) in [5, 5.41) is 9.44. The van der Waals surface area contributed by atoms with Crippen LogP contribution in [0.3, 0.4) is 0 Å². The van der Waals surface area contributed by atoms with Crippen molar-refractivity contribution in [1.82, 2.24) is 15.0 Å². The fraction of sp³-hybridized carbons (Fsp3) is 0.0488. The number of rotatable bonds is 3. The van der Waals surface area contributed by atoms with Gasteiger partial charge in [-0.1, -0.05) is 103 Å². The number of nitrogens with zero attached hydrogens (tertiary/aromatic N) is 3. The first-order chi connectivity index (χ1) is 22.1. The van der Waals surface area contributed by atoms with Gasteiger partial charge >= 0.3 is 0 Å². The molecule has 0 saturated carbocycles. The third kappa shape index (κ3) is 4.10. The highest BCUT2D eigenvalue weighted by molar-refractivity contribution is 6.28. The lowest BCUT2D eigenvalue weighted by Crippen LogP contribution is -2.00. The van der Waals surface area contributed by atoms with E-state index in [1.165, 1.54) is 43.4 Å². The average molecular weight is 578 g/mol. The maximum atomic E-state index is 6.33. The van der Waals surface area contributed by atoms with Gasteiger partial charge in [0, 0.05) is 27.5 Å². The number of hydrogen-bond acceptors (Lipinski definition) is 4. The van der Waals surface area contributed by atoms with E-state index in [2.05, 4.69) is 68.4 Å². The Morgan fingerprint density at radius 1 is 0.356 bits per heavy atom. The van der Waals surface area contributed by atoms with Crippen LogP contribution in [0.2, 0.25) is 0 Å². The van der Waals surface area contributed by atoms with Crippen LogP contribution in [-0.4, -0.2) is 15.0 Å². The summed E-state index contributed by atoms with van der Waals surface area (Å²) in [4.78, 5) is 14.9. The van der Waals surface area contributed by atoms with Crippen molar-refractivity contribution in [2.75, 3.05) is 0 Å². The minimum atomic E-state index is 0.651. The average Bonchev–Trinajstić information content (AvgIpc) is 3.46. The molecule has 2 heterocycles. The van der Waals surface area contributed by atoms with Crippen molar-refractivity contribution in [3.63, 3.8) is 0 Å². The van der Waals surface area contributed by atoms with Crippen molar-refractivity contribution >= 4 is 54.3 Å². The fourth-order valence-electron chi connectivity index (χ4n) is 6.56. The molecule has 0 N–H and O–H groups in total.